The molecule has 29 heavy (non-hydrogen) atoms. The fourth-order valence-corrected chi connectivity index (χ4v) is 4.64. The summed E-state index contributed by atoms with van der Waals surface area (Å²) in [6.07, 6.45) is 3.32. The molecule has 154 valence electrons. The predicted octanol–water partition coefficient (Wildman–Crippen LogP) is 4.08. The van der Waals surface area contributed by atoms with Gasteiger partial charge in [-0.1, -0.05) is 12.1 Å². The standard InChI is InChI=1S/C21H24N2O5S/c1-2-28-15-9-5-4-8-14(15)22-20(27)19-13-7-3-6-10-16(13)29-21(19)23-17(24)11-12-18(25)26/h4-5,8-9H,2-3,6-7,10-12H2,1H3,(H,22,27)(H,23,24)(H,25,26). The Morgan fingerprint density at radius 1 is 1.10 bits per heavy atom. The minimum atomic E-state index is -1.03. The summed E-state index contributed by atoms with van der Waals surface area (Å²) in [5.41, 5.74) is 2.01. The van der Waals surface area contributed by atoms with Gasteiger partial charge in [-0.05, 0) is 50.3 Å². The van der Waals surface area contributed by atoms with Gasteiger partial charge in [-0.15, -0.1) is 11.3 Å². The molecule has 0 saturated heterocycles. The summed E-state index contributed by atoms with van der Waals surface area (Å²) in [6, 6.07) is 7.21. The van der Waals surface area contributed by atoms with Gasteiger partial charge in [0.05, 0.1) is 24.3 Å². The van der Waals surface area contributed by atoms with E-state index in [2.05, 4.69) is 10.6 Å². The van der Waals surface area contributed by atoms with Crippen molar-refractivity contribution in [1.82, 2.24) is 0 Å². The molecule has 0 bridgehead atoms. The number of anilines is 2. The fourth-order valence-electron chi connectivity index (χ4n) is 3.34. The van der Waals surface area contributed by atoms with Crippen LogP contribution < -0.4 is 15.4 Å². The Morgan fingerprint density at radius 2 is 1.86 bits per heavy atom. The molecule has 0 spiro atoms. The first-order valence-electron chi connectivity index (χ1n) is 9.69. The first-order chi connectivity index (χ1) is 14.0. The number of carbonyl (C=O) groups excluding carboxylic acids is 2. The monoisotopic (exact) mass is 416 g/mol. The molecule has 3 N–H and O–H groups in total. The summed E-state index contributed by atoms with van der Waals surface area (Å²) < 4.78 is 5.58. The van der Waals surface area contributed by atoms with Crippen LogP contribution in [0.25, 0.3) is 0 Å². The van der Waals surface area contributed by atoms with Crippen LogP contribution in [-0.2, 0) is 22.4 Å². The maximum absolute atomic E-state index is 13.2. The van der Waals surface area contributed by atoms with Gasteiger partial charge >= 0.3 is 5.97 Å². The summed E-state index contributed by atoms with van der Waals surface area (Å²) in [5, 5.41) is 14.9. The number of hydrogen-bond acceptors (Lipinski definition) is 5. The number of carboxylic acid groups (broad SMARTS) is 1. The van der Waals surface area contributed by atoms with Gasteiger partial charge in [-0.2, -0.15) is 0 Å². The summed E-state index contributed by atoms with van der Waals surface area (Å²) in [6.45, 7) is 2.35. The van der Waals surface area contributed by atoms with Crippen LogP contribution in [0.1, 0.15) is 53.4 Å². The van der Waals surface area contributed by atoms with Gasteiger partial charge in [0, 0.05) is 11.3 Å². The van der Waals surface area contributed by atoms with Crippen molar-refractivity contribution in [1.29, 1.82) is 0 Å². The Morgan fingerprint density at radius 3 is 2.62 bits per heavy atom. The molecule has 3 rings (SSSR count). The Balaban J connectivity index is 1.87. The molecule has 1 aliphatic carbocycles. The Bertz CT molecular complexity index is 922. The number of aryl methyl sites for hydroxylation is 1. The minimum Gasteiger partial charge on any atom is -0.492 e. The lowest BCUT2D eigenvalue weighted by molar-refractivity contribution is -0.138. The molecule has 2 aromatic rings. The summed E-state index contributed by atoms with van der Waals surface area (Å²) in [5.74, 6) is -1.16. The second-order valence-electron chi connectivity index (χ2n) is 6.74. The molecule has 0 aliphatic heterocycles. The van der Waals surface area contributed by atoms with Gasteiger partial charge < -0.3 is 20.5 Å². The highest BCUT2D eigenvalue weighted by atomic mass is 32.1. The first kappa shape index (κ1) is 20.9. The minimum absolute atomic E-state index is 0.133. The lowest BCUT2D eigenvalue weighted by Crippen LogP contribution is -2.19. The van der Waals surface area contributed by atoms with E-state index in [1.807, 2.05) is 19.1 Å². The fraction of sp³-hybridized carbons (Fsp3) is 0.381. The zero-order valence-corrected chi connectivity index (χ0v) is 17.1. The highest BCUT2D eigenvalue weighted by Crippen LogP contribution is 2.39. The van der Waals surface area contributed by atoms with Gasteiger partial charge in [0.25, 0.3) is 5.91 Å². The molecule has 0 radical (unpaired) electrons. The zero-order valence-electron chi connectivity index (χ0n) is 16.2. The van der Waals surface area contributed by atoms with E-state index in [4.69, 9.17) is 9.84 Å². The maximum atomic E-state index is 13.2. The number of fused-ring (bicyclic) bond motifs is 1. The number of nitrogens with one attached hydrogen (secondary N) is 2. The molecular weight excluding hydrogens is 392 g/mol. The number of hydrogen-bond donors (Lipinski definition) is 3. The average Bonchev–Trinajstić information content (AvgIpc) is 3.06. The van der Waals surface area contributed by atoms with E-state index in [1.165, 1.54) is 11.3 Å². The number of benzene rings is 1. The predicted molar refractivity (Wildman–Crippen MR) is 112 cm³/mol. The topological polar surface area (TPSA) is 105 Å². The van der Waals surface area contributed by atoms with Gasteiger partial charge in [0.1, 0.15) is 10.8 Å². The SMILES string of the molecule is CCOc1ccccc1NC(=O)c1c(NC(=O)CCC(=O)O)sc2c1CCCC2. The van der Waals surface area contributed by atoms with E-state index in [-0.39, 0.29) is 18.7 Å². The number of carbonyl (C=O) groups is 3. The number of para-hydroxylation sites is 2. The van der Waals surface area contributed by atoms with E-state index in [1.54, 1.807) is 12.1 Å². The van der Waals surface area contributed by atoms with E-state index >= 15 is 0 Å². The third kappa shape index (κ3) is 5.14. The lowest BCUT2D eigenvalue weighted by Gasteiger charge is -2.15. The first-order valence-corrected chi connectivity index (χ1v) is 10.5. The third-order valence-electron chi connectivity index (χ3n) is 4.65. The number of carboxylic acids is 1. The molecule has 0 atom stereocenters. The number of ether oxygens (including phenoxy) is 1. The van der Waals surface area contributed by atoms with Crippen LogP contribution in [0.5, 0.6) is 5.75 Å². The Kier molecular flexibility index (Phi) is 6.87. The molecule has 1 heterocycles. The van der Waals surface area contributed by atoms with Crippen LogP contribution >= 0.6 is 11.3 Å². The molecule has 2 amide bonds. The van der Waals surface area contributed by atoms with Gasteiger partial charge in [-0.3, -0.25) is 14.4 Å². The maximum Gasteiger partial charge on any atom is 0.303 e. The molecule has 1 aromatic heterocycles. The molecule has 0 fully saturated rings. The summed E-state index contributed by atoms with van der Waals surface area (Å²) in [4.78, 5) is 37.2. The molecule has 8 heteroatoms. The third-order valence-corrected chi connectivity index (χ3v) is 5.86. The van der Waals surface area contributed by atoms with Crippen molar-refractivity contribution in [2.45, 2.75) is 45.4 Å². The van der Waals surface area contributed by atoms with Crippen LogP contribution in [0.15, 0.2) is 24.3 Å². The van der Waals surface area contributed by atoms with E-state index in [0.29, 0.717) is 28.6 Å². The number of amides is 2. The highest BCUT2D eigenvalue weighted by molar-refractivity contribution is 7.17. The molecule has 0 unspecified atom stereocenters. The summed E-state index contributed by atoms with van der Waals surface area (Å²) in [7, 11) is 0. The van der Waals surface area contributed by atoms with Crippen LogP contribution in [-0.4, -0.2) is 29.5 Å². The number of aliphatic carboxylic acids is 1. The van der Waals surface area contributed by atoms with Crippen molar-refractivity contribution >= 4 is 39.8 Å². The molecular formula is C21H24N2O5S. The van der Waals surface area contributed by atoms with Gasteiger partial charge in [-0.25, -0.2) is 0 Å². The van der Waals surface area contributed by atoms with Crippen LogP contribution in [0.3, 0.4) is 0 Å². The molecule has 1 aromatic carbocycles. The normalized spacial score (nSPS) is 12.7. The van der Waals surface area contributed by atoms with E-state index < -0.39 is 11.9 Å². The lowest BCUT2D eigenvalue weighted by atomic mass is 9.95. The zero-order chi connectivity index (χ0) is 20.8. The average molecular weight is 416 g/mol. The quantitative estimate of drug-likeness (QED) is 0.601. The van der Waals surface area contributed by atoms with Crippen molar-refractivity contribution < 1.29 is 24.2 Å². The van der Waals surface area contributed by atoms with Gasteiger partial charge in [0.2, 0.25) is 5.91 Å². The molecule has 1 aliphatic rings. The second-order valence-corrected chi connectivity index (χ2v) is 7.85. The van der Waals surface area contributed by atoms with Crippen molar-refractivity contribution in [2.75, 3.05) is 17.2 Å². The smallest absolute Gasteiger partial charge is 0.303 e. The number of thiophene rings is 1. The molecule has 7 nitrogen and oxygen atoms in total. The Hall–Kier alpha value is -2.87. The summed E-state index contributed by atoms with van der Waals surface area (Å²) >= 11 is 1.41. The van der Waals surface area contributed by atoms with E-state index in [0.717, 1.165) is 36.1 Å². The van der Waals surface area contributed by atoms with Crippen molar-refractivity contribution in [3.63, 3.8) is 0 Å². The van der Waals surface area contributed by atoms with Gasteiger partial charge in [0.15, 0.2) is 0 Å². The molecule has 0 saturated carbocycles. The number of rotatable bonds is 8. The van der Waals surface area contributed by atoms with Crippen molar-refractivity contribution in [2.24, 2.45) is 0 Å². The van der Waals surface area contributed by atoms with Crippen molar-refractivity contribution in [3.8, 4) is 5.75 Å². The van der Waals surface area contributed by atoms with E-state index in [9.17, 15) is 14.4 Å². The van der Waals surface area contributed by atoms with Crippen molar-refractivity contribution in [3.05, 3.63) is 40.3 Å². The second kappa shape index (κ2) is 9.56. The highest BCUT2D eigenvalue weighted by Gasteiger charge is 2.27. The largest absolute Gasteiger partial charge is 0.492 e. The van der Waals surface area contributed by atoms with Crippen LogP contribution in [0.2, 0.25) is 0 Å². The van der Waals surface area contributed by atoms with Crippen LogP contribution in [0.4, 0.5) is 10.7 Å². The Labute approximate surface area is 173 Å². The van der Waals surface area contributed by atoms with Crippen LogP contribution in [0, 0.1) is 0 Å².